The summed E-state index contributed by atoms with van der Waals surface area (Å²) in [7, 11) is 0. The van der Waals surface area contributed by atoms with E-state index >= 15 is 0 Å². The quantitative estimate of drug-likeness (QED) is 0.719. The van der Waals surface area contributed by atoms with Gasteiger partial charge in [0.05, 0.1) is 0 Å². The van der Waals surface area contributed by atoms with E-state index in [0.29, 0.717) is 12.1 Å². The van der Waals surface area contributed by atoms with Gasteiger partial charge in [-0.3, -0.25) is 0 Å². The zero-order valence-corrected chi connectivity index (χ0v) is 13.6. The van der Waals surface area contributed by atoms with E-state index in [2.05, 4.69) is 73.2 Å². The number of halogens is 1. The van der Waals surface area contributed by atoms with Crippen molar-refractivity contribution in [3.05, 3.63) is 34.3 Å². The molecule has 0 radical (unpaired) electrons. The average molecular weight is 312 g/mol. The molecular weight excluding hydrogens is 286 g/mol. The normalized spacial score (nSPS) is 16.3. The molecule has 0 saturated carbocycles. The summed E-state index contributed by atoms with van der Waals surface area (Å²) in [5.74, 6) is 0.803. The van der Waals surface area contributed by atoms with E-state index in [4.69, 9.17) is 0 Å². The summed E-state index contributed by atoms with van der Waals surface area (Å²) in [4.78, 5) is 0. The van der Waals surface area contributed by atoms with Crippen LogP contribution in [0.3, 0.4) is 0 Å². The van der Waals surface area contributed by atoms with Crippen molar-refractivity contribution in [2.45, 2.75) is 59.0 Å². The molecule has 0 saturated heterocycles. The molecule has 1 rings (SSSR count). The first-order valence-electron chi connectivity index (χ1n) is 7.08. The second-order valence-electron chi connectivity index (χ2n) is 5.30. The molecule has 18 heavy (non-hydrogen) atoms. The van der Waals surface area contributed by atoms with Crippen molar-refractivity contribution in [3.63, 3.8) is 0 Å². The molecule has 1 aromatic rings. The Morgan fingerprint density at radius 2 is 1.89 bits per heavy atom. The Morgan fingerprint density at radius 3 is 2.44 bits per heavy atom. The Labute approximate surface area is 120 Å². The van der Waals surface area contributed by atoms with Gasteiger partial charge in [-0.2, -0.15) is 0 Å². The Hall–Kier alpha value is -0.340. The van der Waals surface area contributed by atoms with Crippen molar-refractivity contribution in [1.29, 1.82) is 0 Å². The predicted octanol–water partition coefficient (Wildman–Crippen LogP) is 5.31. The Bertz CT molecular complexity index is 351. The summed E-state index contributed by atoms with van der Waals surface area (Å²) in [5, 5.41) is 3.75. The lowest BCUT2D eigenvalue weighted by Crippen LogP contribution is -2.32. The molecule has 0 aromatic heterocycles. The average Bonchev–Trinajstić information content (AvgIpc) is 2.37. The molecular formula is C16H26BrN. The summed E-state index contributed by atoms with van der Waals surface area (Å²) in [6, 6.07) is 9.61. The van der Waals surface area contributed by atoms with Crippen LogP contribution >= 0.6 is 15.9 Å². The van der Waals surface area contributed by atoms with Crippen LogP contribution in [0.1, 0.15) is 58.6 Å². The van der Waals surface area contributed by atoms with E-state index in [9.17, 15) is 0 Å². The van der Waals surface area contributed by atoms with E-state index in [-0.39, 0.29) is 0 Å². The van der Waals surface area contributed by atoms with Crippen LogP contribution in [0.5, 0.6) is 0 Å². The summed E-state index contributed by atoms with van der Waals surface area (Å²) in [5.41, 5.74) is 1.35. The molecule has 1 N–H and O–H groups in total. The summed E-state index contributed by atoms with van der Waals surface area (Å²) in [6.45, 7) is 9.14. The molecule has 0 amide bonds. The predicted molar refractivity (Wildman–Crippen MR) is 83.8 cm³/mol. The Balaban J connectivity index is 2.59. The third kappa shape index (κ3) is 5.11. The van der Waals surface area contributed by atoms with Gasteiger partial charge >= 0.3 is 0 Å². The number of hydrogen-bond acceptors (Lipinski definition) is 1. The Morgan fingerprint density at radius 1 is 1.17 bits per heavy atom. The van der Waals surface area contributed by atoms with E-state index in [1.807, 2.05) is 0 Å². The lowest BCUT2D eigenvalue weighted by Gasteiger charge is -2.25. The molecule has 0 spiro atoms. The second kappa shape index (κ2) is 7.96. The van der Waals surface area contributed by atoms with Crippen molar-refractivity contribution in [2.24, 2.45) is 5.92 Å². The minimum Gasteiger partial charge on any atom is -0.307 e. The smallest absolute Gasteiger partial charge is 0.0294 e. The molecule has 1 aromatic carbocycles. The number of rotatable bonds is 7. The fraction of sp³-hybridized carbons (Fsp3) is 0.625. The molecule has 0 aliphatic rings. The molecule has 2 unspecified atom stereocenters. The van der Waals surface area contributed by atoms with Gasteiger partial charge in [0.15, 0.2) is 0 Å². The monoisotopic (exact) mass is 311 g/mol. The number of benzene rings is 1. The minimum absolute atomic E-state index is 0.413. The van der Waals surface area contributed by atoms with Crippen LogP contribution in [0.2, 0.25) is 0 Å². The van der Waals surface area contributed by atoms with Crippen molar-refractivity contribution in [3.8, 4) is 0 Å². The largest absolute Gasteiger partial charge is 0.307 e. The van der Waals surface area contributed by atoms with E-state index in [1.54, 1.807) is 0 Å². The van der Waals surface area contributed by atoms with Crippen molar-refractivity contribution in [1.82, 2.24) is 5.32 Å². The number of hydrogen-bond donors (Lipinski definition) is 1. The fourth-order valence-electron chi connectivity index (χ4n) is 2.23. The highest BCUT2D eigenvalue weighted by atomic mass is 79.9. The van der Waals surface area contributed by atoms with Gasteiger partial charge < -0.3 is 5.32 Å². The molecule has 3 atom stereocenters. The minimum atomic E-state index is 0.413. The lowest BCUT2D eigenvalue weighted by molar-refractivity contribution is 0.359. The standard InChI is InChI=1S/C16H26BrN/c1-5-12(3)10-16(6-2)18-13(4)14-8-7-9-15(17)11-14/h7-9,11-13,16,18H,5-6,10H2,1-4H3/t12?,13-,16?/m1/s1. The van der Waals surface area contributed by atoms with Crippen LogP contribution in [-0.2, 0) is 0 Å². The van der Waals surface area contributed by atoms with Crippen LogP contribution in [0.25, 0.3) is 0 Å². The van der Waals surface area contributed by atoms with Crippen molar-refractivity contribution in [2.75, 3.05) is 0 Å². The number of nitrogens with one attached hydrogen (secondary N) is 1. The highest BCUT2D eigenvalue weighted by Gasteiger charge is 2.14. The zero-order chi connectivity index (χ0) is 13.5. The van der Waals surface area contributed by atoms with E-state index in [0.717, 1.165) is 10.4 Å². The fourth-order valence-corrected chi connectivity index (χ4v) is 2.65. The van der Waals surface area contributed by atoms with Gasteiger partial charge in [0.1, 0.15) is 0 Å². The van der Waals surface area contributed by atoms with Gasteiger partial charge in [0.25, 0.3) is 0 Å². The summed E-state index contributed by atoms with van der Waals surface area (Å²) < 4.78 is 1.16. The van der Waals surface area contributed by atoms with Crippen molar-refractivity contribution >= 4 is 15.9 Å². The first kappa shape index (κ1) is 15.7. The Kier molecular flexibility index (Phi) is 6.95. The van der Waals surface area contributed by atoms with Crippen LogP contribution < -0.4 is 5.32 Å². The maximum Gasteiger partial charge on any atom is 0.0294 e. The molecule has 0 heterocycles. The topological polar surface area (TPSA) is 12.0 Å². The third-order valence-corrected chi connectivity index (χ3v) is 4.20. The van der Waals surface area contributed by atoms with Crippen LogP contribution in [-0.4, -0.2) is 6.04 Å². The van der Waals surface area contributed by atoms with Crippen molar-refractivity contribution < 1.29 is 0 Å². The first-order chi connectivity index (χ1) is 8.56. The lowest BCUT2D eigenvalue weighted by atomic mass is 9.96. The molecule has 0 fully saturated rings. The van der Waals surface area contributed by atoms with Gasteiger partial charge in [0, 0.05) is 16.6 Å². The van der Waals surface area contributed by atoms with Gasteiger partial charge in [-0.15, -0.1) is 0 Å². The molecule has 0 aliphatic heterocycles. The zero-order valence-electron chi connectivity index (χ0n) is 12.0. The third-order valence-electron chi connectivity index (χ3n) is 3.71. The van der Waals surface area contributed by atoms with Crippen LogP contribution in [0.15, 0.2) is 28.7 Å². The molecule has 0 aliphatic carbocycles. The maximum atomic E-state index is 3.75. The van der Waals surface area contributed by atoms with Gasteiger partial charge in [-0.25, -0.2) is 0 Å². The van der Waals surface area contributed by atoms with Gasteiger partial charge in [-0.05, 0) is 43.4 Å². The van der Waals surface area contributed by atoms with Gasteiger partial charge in [0.2, 0.25) is 0 Å². The van der Waals surface area contributed by atoms with Crippen LogP contribution in [0.4, 0.5) is 0 Å². The molecule has 2 heteroatoms. The second-order valence-corrected chi connectivity index (χ2v) is 6.21. The summed E-state index contributed by atoms with van der Waals surface area (Å²) >= 11 is 3.54. The maximum absolute atomic E-state index is 3.75. The SMILES string of the molecule is CCC(C)CC(CC)N[C@H](C)c1cccc(Br)c1. The molecule has 1 nitrogen and oxygen atoms in total. The first-order valence-corrected chi connectivity index (χ1v) is 7.87. The highest BCUT2D eigenvalue weighted by molar-refractivity contribution is 9.10. The van der Waals surface area contributed by atoms with E-state index in [1.165, 1.54) is 24.8 Å². The van der Waals surface area contributed by atoms with Gasteiger partial charge in [-0.1, -0.05) is 55.3 Å². The van der Waals surface area contributed by atoms with E-state index < -0.39 is 0 Å². The molecule has 0 bridgehead atoms. The molecule has 102 valence electrons. The van der Waals surface area contributed by atoms with Crippen LogP contribution in [0, 0.1) is 5.92 Å². The highest BCUT2D eigenvalue weighted by Crippen LogP contribution is 2.20. The summed E-state index contributed by atoms with van der Waals surface area (Å²) in [6.07, 6.45) is 3.73.